The van der Waals surface area contributed by atoms with Crippen LogP contribution in [0.1, 0.15) is 79.1 Å². The van der Waals surface area contributed by atoms with Gasteiger partial charge in [0.15, 0.2) is 0 Å². The lowest BCUT2D eigenvalue weighted by Gasteiger charge is -2.22. The molecule has 5 heteroatoms. The Kier molecular flexibility index (Phi) is 19.6. The fourth-order valence-electron chi connectivity index (χ4n) is 2.52. The second-order valence-electron chi connectivity index (χ2n) is 5.17. The molecule has 1 heterocycles. The maximum atomic E-state index is 10.9. The third-order valence-corrected chi connectivity index (χ3v) is 6.20. The summed E-state index contributed by atoms with van der Waals surface area (Å²) in [5, 5.41) is 0.527. The molecule has 0 aromatic carbocycles. The van der Waals surface area contributed by atoms with E-state index in [1.807, 2.05) is 38.3 Å². The molecule has 1 saturated heterocycles. The molecule has 2 fully saturated rings. The molecule has 2 atom stereocenters. The molecule has 0 N–H and O–H groups in total. The highest BCUT2D eigenvalue weighted by atomic mass is 32.2. The fourth-order valence-corrected chi connectivity index (χ4v) is 4.29. The Bertz CT molecular complexity index is 246. The van der Waals surface area contributed by atoms with E-state index in [0.29, 0.717) is 5.25 Å². The fraction of sp³-hybridized carbons (Fsp3) is 1.00. The summed E-state index contributed by atoms with van der Waals surface area (Å²) in [6.07, 6.45) is 13.7. The minimum absolute atomic E-state index is 0.527. The average molecular weight is 354 g/mol. The minimum Gasteiger partial charge on any atom is -0.260 e. The molecule has 1 aliphatic carbocycles. The predicted molar refractivity (Wildman–Crippen MR) is 103 cm³/mol. The quantitative estimate of drug-likeness (QED) is 0.732. The second-order valence-corrected chi connectivity index (χ2v) is 8.20. The molecule has 0 bridgehead atoms. The first-order valence-electron chi connectivity index (χ1n) is 9.02. The van der Waals surface area contributed by atoms with Crippen LogP contribution in [0.2, 0.25) is 0 Å². The predicted octanol–water partition coefficient (Wildman–Crippen LogP) is 4.52. The lowest BCUT2D eigenvalue weighted by Crippen LogP contribution is -2.30. The van der Waals surface area contributed by atoms with E-state index < -0.39 is 21.8 Å². The van der Waals surface area contributed by atoms with E-state index in [4.69, 9.17) is 0 Å². The van der Waals surface area contributed by atoms with Crippen molar-refractivity contribution in [2.75, 3.05) is 25.6 Å². The molecule has 22 heavy (non-hydrogen) atoms. The maximum Gasteiger partial charge on any atom is 0.0910 e. The Balaban J connectivity index is 0. The van der Waals surface area contributed by atoms with Crippen molar-refractivity contribution in [3.63, 3.8) is 0 Å². The Hall–Kier alpha value is 0.260. The third-order valence-electron chi connectivity index (χ3n) is 3.70. The van der Waals surface area contributed by atoms with Crippen molar-refractivity contribution in [3.8, 4) is 0 Å². The topological polar surface area (TPSA) is 37.4 Å². The van der Waals surface area contributed by atoms with E-state index in [2.05, 4.69) is 0 Å². The highest BCUT2D eigenvalue weighted by Crippen LogP contribution is 2.20. The standard InChI is InChI=1S/C7H14OS.C6H13NOS.2C2H6/c2*1-9(8)7-5-3-2-4-6-7;2*1-2/h7H,2-6H2,1H3;2-6H2,1H3;2*1-2H3. The molecule has 2 rings (SSSR count). The first-order chi connectivity index (χ1) is 10.6. The van der Waals surface area contributed by atoms with Gasteiger partial charge in [0.05, 0.1) is 11.0 Å². The number of nitrogens with zero attached hydrogens (tertiary/aromatic N) is 1. The normalized spacial score (nSPS) is 21.7. The van der Waals surface area contributed by atoms with E-state index in [-0.39, 0.29) is 0 Å². The van der Waals surface area contributed by atoms with Crippen molar-refractivity contribution < 1.29 is 8.42 Å². The van der Waals surface area contributed by atoms with Gasteiger partial charge in [-0.25, -0.2) is 8.51 Å². The number of hydrogen-bond acceptors (Lipinski definition) is 2. The Morgan fingerprint density at radius 3 is 1.41 bits per heavy atom. The first kappa shape index (κ1) is 24.5. The average Bonchev–Trinajstić information content (AvgIpc) is 2.60. The number of piperidine rings is 1. The summed E-state index contributed by atoms with van der Waals surface area (Å²) >= 11 is 0. The Morgan fingerprint density at radius 2 is 1.14 bits per heavy atom. The van der Waals surface area contributed by atoms with Gasteiger partial charge >= 0.3 is 0 Å². The van der Waals surface area contributed by atoms with Crippen LogP contribution in [0.3, 0.4) is 0 Å². The van der Waals surface area contributed by atoms with Crippen LogP contribution in [-0.4, -0.2) is 43.6 Å². The van der Waals surface area contributed by atoms with Crippen LogP contribution in [0.4, 0.5) is 0 Å². The summed E-state index contributed by atoms with van der Waals surface area (Å²) in [4.78, 5) is 0. The van der Waals surface area contributed by atoms with Gasteiger partial charge in [-0.2, -0.15) is 0 Å². The molecule has 3 nitrogen and oxygen atoms in total. The lowest BCUT2D eigenvalue weighted by molar-refractivity contribution is 0.367. The molecule has 0 amide bonds. The van der Waals surface area contributed by atoms with Crippen molar-refractivity contribution in [2.24, 2.45) is 0 Å². The summed E-state index contributed by atoms with van der Waals surface area (Å²) < 4.78 is 23.8. The van der Waals surface area contributed by atoms with E-state index in [1.54, 1.807) is 6.26 Å². The van der Waals surface area contributed by atoms with Gasteiger partial charge in [0.1, 0.15) is 0 Å². The SMILES string of the molecule is CC.CC.CS(=O)C1CCCCC1.CS(=O)N1CCCCC1. The molecule has 0 spiro atoms. The molecule has 1 aliphatic heterocycles. The maximum absolute atomic E-state index is 10.9. The zero-order valence-electron chi connectivity index (χ0n) is 15.7. The van der Waals surface area contributed by atoms with Crippen LogP contribution in [-0.2, 0) is 21.8 Å². The van der Waals surface area contributed by atoms with Gasteiger partial charge in [-0.05, 0) is 25.7 Å². The number of rotatable bonds is 2. The molecular weight excluding hydrogens is 314 g/mol. The van der Waals surface area contributed by atoms with Gasteiger partial charge in [0.25, 0.3) is 0 Å². The van der Waals surface area contributed by atoms with Crippen molar-refractivity contribution in [1.29, 1.82) is 0 Å². The smallest absolute Gasteiger partial charge is 0.0910 e. The van der Waals surface area contributed by atoms with Crippen LogP contribution in [0.25, 0.3) is 0 Å². The summed E-state index contributed by atoms with van der Waals surface area (Å²) in [7, 11) is -1.27. The van der Waals surface area contributed by atoms with Crippen molar-refractivity contribution in [1.82, 2.24) is 4.31 Å². The largest absolute Gasteiger partial charge is 0.260 e. The lowest BCUT2D eigenvalue weighted by atomic mass is 10.0. The highest BCUT2D eigenvalue weighted by Gasteiger charge is 2.15. The van der Waals surface area contributed by atoms with E-state index in [9.17, 15) is 8.42 Å². The van der Waals surface area contributed by atoms with Crippen LogP contribution in [0.15, 0.2) is 0 Å². The molecule has 136 valence electrons. The van der Waals surface area contributed by atoms with Gasteiger partial charge in [0.2, 0.25) is 0 Å². The summed E-state index contributed by atoms with van der Waals surface area (Å²) in [6, 6.07) is 0. The molecule has 2 unspecified atom stereocenters. The van der Waals surface area contributed by atoms with Gasteiger partial charge in [0, 0.05) is 41.7 Å². The Labute approximate surface area is 144 Å². The minimum atomic E-state index is -0.719. The molecule has 0 aromatic rings. The van der Waals surface area contributed by atoms with Crippen molar-refractivity contribution in [2.45, 2.75) is 84.3 Å². The second kappa shape index (κ2) is 17.6. The Morgan fingerprint density at radius 1 is 0.727 bits per heavy atom. The van der Waals surface area contributed by atoms with Crippen molar-refractivity contribution in [3.05, 3.63) is 0 Å². The zero-order chi connectivity index (χ0) is 17.4. The molecular formula is C17H39NO2S2. The highest BCUT2D eigenvalue weighted by molar-refractivity contribution is 7.84. The van der Waals surface area contributed by atoms with Gasteiger partial charge < -0.3 is 0 Å². The number of hydrogen-bond donors (Lipinski definition) is 0. The molecule has 0 aromatic heterocycles. The van der Waals surface area contributed by atoms with Crippen LogP contribution in [0.5, 0.6) is 0 Å². The van der Waals surface area contributed by atoms with Crippen LogP contribution < -0.4 is 0 Å². The first-order valence-corrected chi connectivity index (χ1v) is 12.2. The van der Waals surface area contributed by atoms with E-state index in [0.717, 1.165) is 13.1 Å². The summed E-state index contributed by atoms with van der Waals surface area (Å²) in [6.45, 7) is 10.1. The summed E-state index contributed by atoms with van der Waals surface area (Å²) in [5.41, 5.74) is 0. The van der Waals surface area contributed by atoms with Gasteiger partial charge in [-0.1, -0.05) is 53.4 Å². The van der Waals surface area contributed by atoms with Crippen molar-refractivity contribution >= 4 is 21.8 Å². The molecule has 2 aliphatic rings. The van der Waals surface area contributed by atoms with E-state index >= 15 is 0 Å². The zero-order valence-corrected chi connectivity index (χ0v) is 17.4. The van der Waals surface area contributed by atoms with E-state index in [1.165, 1.54) is 51.4 Å². The monoisotopic (exact) mass is 353 g/mol. The van der Waals surface area contributed by atoms with Gasteiger partial charge in [-0.15, -0.1) is 0 Å². The summed E-state index contributed by atoms with van der Waals surface area (Å²) in [5.74, 6) is 0. The van der Waals surface area contributed by atoms with Crippen LogP contribution >= 0.6 is 0 Å². The molecule has 1 saturated carbocycles. The molecule has 0 radical (unpaired) electrons. The van der Waals surface area contributed by atoms with Crippen LogP contribution in [0, 0.1) is 0 Å². The third kappa shape index (κ3) is 12.8. The van der Waals surface area contributed by atoms with Gasteiger partial charge in [-0.3, -0.25) is 4.21 Å².